The summed E-state index contributed by atoms with van der Waals surface area (Å²) in [4.78, 5) is 48.7. The number of ether oxygens (including phenoxy) is 1. The number of hydrogen-bond acceptors (Lipinski definition) is 6. The number of rotatable bonds is 6. The Kier molecular flexibility index (Phi) is 7.73. The molecule has 4 heterocycles. The zero-order valence-corrected chi connectivity index (χ0v) is 23.8. The third-order valence-electron chi connectivity index (χ3n) is 7.53. The number of hydrogen-bond donors (Lipinski definition) is 2. The van der Waals surface area contributed by atoms with Crippen molar-refractivity contribution in [3.63, 3.8) is 0 Å². The Morgan fingerprint density at radius 1 is 1.14 bits per heavy atom. The van der Waals surface area contributed by atoms with Crippen molar-refractivity contribution in [1.29, 1.82) is 0 Å². The Balaban J connectivity index is 1.37. The Morgan fingerprint density at radius 3 is 2.77 bits per heavy atom. The molecule has 0 bridgehead atoms. The van der Waals surface area contributed by atoms with E-state index in [0.29, 0.717) is 57.6 Å². The van der Waals surface area contributed by atoms with Crippen LogP contribution in [0.1, 0.15) is 53.1 Å². The van der Waals surface area contributed by atoms with Crippen molar-refractivity contribution in [2.75, 3.05) is 13.2 Å². The standard InChI is InChI=1S/C33H30N6O4/c1-21(37-32(41)28-22(2)36-20-38-17-16-34-30(28)38)26-19-24-10-6-9-23(11-7-15-35-31(40)27-14-8-18-43-27)29(24)33(42)39(26)25-12-4-3-5-13-25/h3-6,9-10,12-13,16-17,19-21,27H,8,14-15,18H2,1-2H3,(H,35,40)(H,37,41)/t21?,27-/m1/s1. The van der Waals surface area contributed by atoms with E-state index >= 15 is 0 Å². The van der Waals surface area contributed by atoms with Gasteiger partial charge in [-0.1, -0.05) is 42.2 Å². The SMILES string of the molecule is Cc1ncn2ccnc2c1C(=O)NC(C)c1cc2cccc(C#CCNC(=O)[C@H]3CCCO3)c2c(=O)n1-c1ccccc1. The van der Waals surface area contributed by atoms with Crippen LogP contribution >= 0.6 is 0 Å². The molecule has 216 valence electrons. The van der Waals surface area contributed by atoms with Crippen LogP contribution in [0.25, 0.3) is 22.1 Å². The smallest absolute Gasteiger partial charge is 0.264 e. The van der Waals surface area contributed by atoms with E-state index in [1.165, 1.54) is 0 Å². The molecule has 1 saturated heterocycles. The molecule has 2 aromatic carbocycles. The van der Waals surface area contributed by atoms with Crippen LogP contribution in [0, 0.1) is 18.8 Å². The Labute approximate surface area is 247 Å². The van der Waals surface area contributed by atoms with E-state index < -0.39 is 12.1 Å². The number of benzene rings is 2. The molecule has 1 aliphatic heterocycles. The summed E-state index contributed by atoms with van der Waals surface area (Å²) in [6, 6.07) is 16.1. The van der Waals surface area contributed by atoms with E-state index in [2.05, 4.69) is 32.4 Å². The lowest BCUT2D eigenvalue weighted by molar-refractivity contribution is -0.129. The molecule has 2 amide bonds. The fraction of sp³-hybridized carbons (Fsp3) is 0.242. The number of carbonyl (C=O) groups excluding carboxylic acids is 2. The van der Waals surface area contributed by atoms with Gasteiger partial charge in [0.2, 0.25) is 5.91 Å². The maximum Gasteiger partial charge on any atom is 0.264 e. The lowest BCUT2D eigenvalue weighted by Gasteiger charge is -2.21. The molecular weight excluding hydrogens is 544 g/mol. The first-order valence-electron chi connectivity index (χ1n) is 14.1. The third-order valence-corrected chi connectivity index (χ3v) is 7.53. The van der Waals surface area contributed by atoms with Crippen LogP contribution < -0.4 is 16.2 Å². The summed E-state index contributed by atoms with van der Waals surface area (Å²) >= 11 is 0. The molecule has 0 spiro atoms. The van der Waals surface area contributed by atoms with Gasteiger partial charge in [0.05, 0.1) is 23.7 Å². The van der Waals surface area contributed by atoms with Crippen LogP contribution in [-0.2, 0) is 9.53 Å². The largest absolute Gasteiger partial charge is 0.368 e. The number of nitrogens with one attached hydrogen (secondary N) is 2. The van der Waals surface area contributed by atoms with Gasteiger partial charge in [-0.05, 0) is 56.3 Å². The van der Waals surface area contributed by atoms with Gasteiger partial charge in [-0.3, -0.25) is 23.4 Å². The van der Waals surface area contributed by atoms with Gasteiger partial charge in [0.25, 0.3) is 11.5 Å². The Bertz CT molecular complexity index is 1960. The van der Waals surface area contributed by atoms with Crippen LogP contribution in [-0.4, -0.2) is 50.0 Å². The third kappa shape index (κ3) is 5.50. The summed E-state index contributed by atoms with van der Waals surface area (Å²) in [7, 11) is 0. The average Bonchev–Trinajstić information content (AvgIpc) is 3.72. The minimum atomic E-state index is -0.554. The molecule has 43 heavy (non-hydrogen) atoms. The summed E-state index contributed by atoms with van der Waals surface area (Å²) in [5.41, 5.74) is 2.98. The summed E-state index contributed by atoms with van der Waals surface area (Å²) < 4.78 is 8.72. The highest BCUT2D eigenvalue weighted by Crippen LogP contribution is 2.24. The first kappa shape index (κ1) is 27.9. The zero-order chi connectivity index (χ0) is 29.9. The van der Waals surface area contributed by atoms with Crippen molar-refractivity contribution < 1.29 is 14.3 Å². The highest BCUT2D eigenvalue weighted by Gasteiger charge is 2.24. The molecule has 0 radical (unpaired) electrons. The van der Waals surface area contributed by atoms with Gasteiger partial charge >= 0.3 is 0 Å². The highest BCUT2D eigenvalue weighted by atomic mass is 16.5. The number of imidazole rings is 1. The van der Waals surface area contributed by atoms with Crippen molar-refractivity contribution in [3.8, 4) is 17.5 Å². The molecule has 2 N–H and O–H groups in total. The second-order valence-electron chi connectivity index (χ2n) is 10.4. The number of aromatic nitrogens is 4. The summed E-state index contributed by atoms with van der Waals surface area (Å²) in [5, 5.41) is 6.99. The Morgan fingerprint density at radius 2 is 1.98 bits per heavy atom. The molecule has 6 rings (SSSR count). The first-order chi connectivity index (χ1) is 20.9. The molecule has 1 fully saturated rings. The van der Waals surface area contributed by atoms with Gasteiger partial charge in [0.1, 0.15) is 18.0 Å². The van der Waals surface area contributed by atoms with Gasteiger partial charge in [0.15, 0.2) is 5.65 Å². The maximum atomic E-state index is 14.2. The number of fused-ring (bicyclic) bond motifs is 2. The molecule has 2 atom stereocenters. The molecular formula is C33H30N6O4. The lowest BCUT2D eigenvalue weighted by Crippen LogP contribution is -2.34. The van der Waals surface area contributed by atoms with E-state index in [4.69, 9.17) is 4.74 Å². The number of carbonyl (C=O) groups is 2. The minimum Gasteiger partial charge on any atom is -0.368 e. The fourth-order valence-electron chi connectivity index (χ4n) is 5.40. The topological polar surface area (TPSA) is 120 Å². The van der Waals surface area contributed by atoms with Crippen molar-refractivity contribution in [2.24, 2.45) is 0 Å². The highest BCUT2D eigenvalue weighted by molar-refractivity contribution is 6.01. The predicted octanol–water partition coefficient (Wildman–Crippen LogP) is 3.48. The van der Waals surface area contributed by atoms with Crippen LogP contribution in [0.4, 0.5) is 0 Å². The zero-order valence-electron chi connectivity index (χ0n) is 23.8. The van der Waals surface area contributed by atoms with Gasteiger partial charge in [-0.2, -0.15) is 0 Å². The van der Waals surface area contributed by atoms with Crippen LogP contribution in [0.3, 0.4) is 0 Å². The van der Waals surface area contributed by atoms with E-state index in [9.17, 15) is 14.4 Å². The molecule has 0 aliphatic carbocycles. The van der Waals surface area contributed by atoms with Crippen molar-refractivity contribution in [2.45, 2.75) is 38.8 Å². The molecule has 0 saturated carbocycles. The van der Waals surface area contributed by atoms with Crippen molar-refractivity contribution in [3.05, 3.63) is 106 Å². The predicted molar refractivity (Wildman–Crippen MR) is 162 cm³/mol. The van der Waals surface area contributed by atoms with E-state index in [1.807, 2.05) is 55.5 Å². The maximum absolute atomic E-state index is 14.2. The summed E-state index contributed by atoms with van der Waals surface area (Å²) in [6.45, 7) is 4.34. The number of para-hydroxylation sites is 1. The number of aryl methyl sites for hydroxylation is 1. The molecule has 5 aromatic rings. The lowest BCUT2D eigenvalue weighted by atomic mass is 10.0. The van der Waals surface area contributed by atoms with Gasteiger partial charge < -0.3 is 15.4 Å². The van der Waals surface area contributed by atoms with Crippen LogP contribution in [0.2, 0.25) is 0 Å². The van der Waals surface area contributed by atoms with Gasteiger partial charge in [-0.15, -0.1) is 0 Å². The van der Waals surface area contributed by atoms with E-state index in [1.54, 1.807) is 40.7 Å². The second kappa shape index (κ2) is 11.9. The Hall–Kier alpha value is -5.27. The van der Waals surface area contributed by atoms with Crippen LogP contribution in [0.15, 0.2) is 78.1 Å². The number of amides is 2. The van der Waals surface area contributed by atoms with Gasteiger partial charge in [0, 0.05) is 35.9 Å². The monoisotopic (exact) mass is 574 g/mol. The molecule has 1 aliphatic rings. The second-order valence-corrected chi connectivity index (χ2v) is 10.4. The van der Waals surface area contributed by atoms with Crippen molar-refractivity contribution >= 4 is 28.2 Å². The first-order valence-corrected chi connectivity index (χ1v) is 14.1. The van der Waals surface area contributed by atoms with Crippen LogP contribution in [0.5, 0.6) is 0 Å². The molecule has 1 unspecified atom stereocenters. The van der Waals surface area contributed by atoms with E-state index in [0.717, 1.165) is 6.42 Å². The van der Waals surface area contributed by atoms with Crippen molar-refractivity contribution in [1.82, 2.24) is 29.6 Å². The average molecular weight is 575 g/mol. The van der Waals surface area contributed by atoms with Gasteiger partial charge in [-0.25, -0.2) is 9.97 Å². The number of pyridine rings is 1. The number of nitrogens with zero attached hydrogens (tertiary/aromatic N) is 4. The normalized spacial score (nSPS) is 15.2. The molecule has 3 aromatic heterocycles. The molecule has 10 heteroatoms. The fourth-order valence-corrected chi connectivity index (χ4v) is 5.40. The molecule has 10 nitrogen and oxygen atoms in total. The quantitative estimate of drug-likeness (QED) is 0.300. The summed E-state index contributed by atoms with van der Waals surface area (Å²) in [5.74, 6) is 5.53. The van der Waals surface area contributed by atoms with E-state index in [-0.39, 0.29) is 23.9 Å². The summed E-state index contributed by atoms with van der Waals surface area (Å²) in [6.07, 6.45) is 6.12. The minimum absolute atomic E-state index is 0.140.